The third kappa shape index (κ3) is 4.90. The predicted octanol–water partition coefficient (Wildman–Crippen LogP) is 4.23. The van der Waals surface area contributed by atoms with Crippen LogP contribution in [-0.4, -0.2) is 18.0 Å². The number of rotatable bonds is 6. The number of hydrogen-bond donors (Lipinski definition) is 1. The van der Waals surface area contributed by atoms with Crippen LogP contribution in [0.3, 0.4) is 0 Å². The molecule has 2 aromatic carbocycles. The molecule has 0 fully saturated rings. The summed E-state index contributed by atoms with van der Waals surface area (Å²) in [4.78, 5) is 17.6. The fourth-order valence-corrected chi connectivity index (χ4v) is 3.35. The number of aromatic nitrogens is 1. The number of anilines is 1. The zero-order valence-corrected chi connectivity index (χ0v) is 15.1. The molecule has 3 aromatic rings. The molecular formula is C20H20N2O2S. The first-order chi connectivity index (χ1) is 12.1. The van der Waals surface area contributed by atoms with E-state index in [1.807, 2.05) is 55.6 Å². The molecule has 0 spiro atoms. The molecule has 0 aliphatic rings. The van der Waals surface area contributed by atoms with Gasteiger partial charge in [-0.2, -0.15) is 0 Å². The number of carbonyl (C=O) groups is 1. The van der Waals surface area contributed by atoms with E-state index in [2.05, 4.69) is 16.4 Å². The van der Waals surface area contributed by atoms with Crippen LogP contribution in [0.4, 0.5) is 5.13 Å². The predicted molar refractivity (Wildman–Crippen MR) is 101 cm³/mol. The average Bonchev–Trinajstić information content (AvgIpc) is 3.04. The van der Waals surface area contributed by atoms with Gasteiger partial charge in [-0.15, -0.1) is 11.3 Å². The fraction of sp³-hybridized carbons (Fsp3) is 0.200. The van der Waals surface area contributed by atoms with Crippen molar-refractivity contribution in [3.63, 3.8) is 0 Å². The molecule has 4 nitrogen and oxygen atoms in total. The Morgan fingerprint density at radius 2 is 1.96 bits per heavy atom. The molecule has 1 heterocycles. The molecule has 0 radical (unpaired) electrons. The highest BCUT2D eigenvalue weighted by Gasteiger charge is 2.08. The molecular weight excluding hydrogens is 332 g/mol. The van der Waals surface area contributed by atoms with Gasteiger partial charge < -0.3 is 10.1 Å². The third-order valence-electron chi connectivity index (χ3n) is 3.80. The Labute approximate surface area is 151 Å². The van der Waals surface area contributed by atoms with Gasteiger partial charge in [0.1, 0.15) is 5.75 Å². The smallest absolute Gasteiger partial charge is 0.230 e. The van der Waals surface area contributed by atoms with Gasteiger partial charge in [-0.05, 0) is 30.2 Å². The number of ether oxygens (including phenoxy) is 1. The number of nitrogens with one attached hydrogen (secondary N) is 1. The van der Waals surface area contributed by atoms with Gasteiger partial charge in [-0.1, -0.05) is 42.0 Å². The first kappa shape index (κ1) is 17.2. The van der Waals surface area contributed by atoms with Crippen molar-refractivity contribution in [3.8, 4) is 5.75 Å². The first-order valence-electron chi connectivity index (χ1n) is 8.05. The number of amides is 1. The minimum absolute atomic E-state index is 0.0499. The number of carbonyl (C=O) groups excluding carboxylic acids is 1. The Balaban J connectivity index is 1.59. The van der Waals surface area contributed by atoms with E-state index in [0.717, 1.165) is 28.2 Å². The number of hydrogen-bond acceptors (Lipinski definition) is 4. The zero-order chi connectivity index (χ0) is 17.6. The van der Waals surface area contributed by atoms with E-state index in [0.29, 0.717) is 11.6 Å². The van der Waals surface area contributed by atoms with Crippen LogP contribution in [0, 0.1) is 6.92 Å². The Morgan fingerprint density at radius 3 is 2.72 bits per heavy atom. The van der Waals surface area contributed by atoms with Gasteiger partial charge >= 0.3 is 0 Å². The van der Waals surface area contributed by atoms with E-state index < -0.39 is 0 Å². The molecule has 0 saturated heterocycles. The van der Waals surface area contributed by atoms with Crippen molar-refractivity contribution in [1.29, 1.82) is 0 Å². The van der Waals surface area contributed by atoms with Crippen LogP contribution in [0.25, 0.3) is 0 Å². The van der Waals surface area contributed by atoms with Gasteiger partial charge in [0.25, 0.3) is 0 Å². The molecule has 0 atom stereocenters. The summed E-state index contributed by atoms with van der Waals surface area (Å²) in [5, 5.41) is 3.51. The maximum absolute atomic E-state index is 12.2. The Morgan fingerprint density at radius 1 is 1.16 bits per heavy atom. The standard InChI is InChI=1S/C20H20N2O2S/c1-14-6-8-15(9-7-14)12-19(23)22-20-21-13-18(25-20)11-16-4-3-5-17(10-16)24-2/h3-10,13H,11-12H2,1-2H3,(H,21,22,23). The number of methoxy groups -OCH3 is 1. The van der Waals surface area contributed by atoms with Crippen molar-refractivity contribution >= 4 is 22.4 Å². The second kappa shape index (κ2) is 7.94. The van der Waals surface area contributed by atoms with Gasteiger partial charge in [-0.25, -0.2) is 4.98 Å². The Bertz CT molecular complexity index is 856. The summed E-state index contributed by atoms with van der Waals surface area (Å²) < 4.78 is 5.25. The van der Waals surface area contributed by atoms with Crippen molar-refractivity contribution in [1.82, 2.24) is 4.98 Å². The lowest BCUT2D eigenvalue weighted by Gasteiger charge is -2.03. The quantitative estimate of drug-likeness (QED) is 0.722. The topological polar surface area (TPSA) is 51.2 Å². The molecule has 1 aromatic heterocycles. The van der Waals surface area contributed by atoms with E-state index in [-0.39, 0.29) is 5.91 Å². The Hall–Kier alpha value is -2.66. The highest BCUT2D eigenvalue weighted by atomic mass is 32.1. The normalized spacial score (nSPS) is 10.5. The molecule has 1 amide bonds. The van der Waals surface area contributed by atoms with Gasteiger partial charge in [0.15, 0.2) is 5.13 Å². The Kier molecular flexibility index (Phi) is 5.46. The fourth-order valence-electron chi connectivity index (χ4n) is 2.49. The van der Waals surface area contributed by atoms with Gasteiger partial charge in [0.2, 0.25) is 5.91 Å². The summed E-state index contributed by atoms with van der Waals surface area (Å²) in [6.45, 7) is 2.03. The number of aryl methyl sites for hydroxylation is 1. The third-order valence-corrected chi connectivity index (χ3v) is 4.71. The lowest BCUT2D eigenvalue weighted by Crippen LogP contribution is -2.14. The summed E-state index contributed by atoms with van der Waals surface area (Å²) in [5.41, 5.74) is 3.34. The zero-order valence-electron chi connectivity index (χ0n) is 14.3. The summed E-state index contributed by atoms with van der Waals surface area (Å²) in [5.74, 6) is 0.791. The van der Waals surface area contributed by atoms with Gasteiger partial charge in [0, 0.05) is 17.5 Å². The molecule has 0 unspecified atom stereocenters. The van der Waals surface area contributed by atoms with Gasteiger partial charge in [0.05, 0.1) is 13.5 Å². The molecule has 5 heteroatoms. The minimum atomic E-state index is -0.0499. The van der Waals surface area contributed by atoms with E-state index >= 15 is 0 Å². The van der Waals surface area contributed by atoms with Crippen LogP contribution >= 0.6 is 11.3 Å². The average molecular weight is 352 g/mol. The second-order valence-electron chi connectivity index (χ2n) is 5.87. The maximum atomic E-state index is 12.2. The van der Waals surface area contributed by atoms with Crippen LogP contribution in [0.2, 0.25) is 0 Å². The van der Waals surface area contributed by atoms with Crippen LogP contribution in [0.1, 0.15) is 21.6 Å². The van der Waals surface area contributed by atoms with Crippen molar-refractivity contribution in [2.75, 3.05) is 12.4 Å². The van der Waals surface area contributed by atoms with Crippen LogP contribution in [0.5, 0.6) is 5.75 Å². The van der Waals surface area contributed by atoms with E-state index in [4.69, 9.17) is 4.74 Å². The SMILES string of the molecule is COc1cccc(Cc2cnc(NC(=O)Cc3ccc(C)cc3)s2)c1. The first-order valence-corrected chi connectivity index (χ1v) is 8.87. The van der Waals surface area contributed by atoms with Crippen LogP contribution in [0.15, 0.2) is 54.7 Å². The van der Waals surface area contributed by atoms with Gasteiger partial charge in [-0.3, -0.25) is 4.79 Å². The van der Waals surface area contributed by atoms with Crippen molar-refractivity contribution < 1.29 is 9.53 Å². The highest BCUT2D eigenvalue weighted by molar-refractivity contribution is 7.15. The molecule has 3 rings (SSSR count). The van der Waals surface area contributed by atoms with Crippen LogP contribution in [-0.2, 0) is 17.6 Å². The van der Waals surface area contributed by atoms with Crippen molar-refractivity contribution in [3.05, 3.63) is 76.3 Å². The largest absolute Gasteiger partial charge is 0.497 e. The van der Waals surface area contributed by atoms with E-state index in [1.54, 1.807) is 7.11 Å². The lowest BCUT2D eigenvalue weighted by atomic mass is 10.1. The molecule has 0 bridgehead atoms. The van der Waals surface area contributed by atoms with Crippen molar-refractivity contribution in [2.45, 2.75) is 19.8 Å². The summed E-state index contributed by atoms with van der Waals surface area (Å²) in [6, 6.07) is 15.9. The summed E-state index contributed by atoms with van der Waals surface area (Å²) in [6.07, 6.45) is 2.93. The number of thiazole rings is 1. The molecule has 25 heavy (non-hydrogen) atoms. The highest BCUT2D eigenvalue weighted by Crippen LogP contribution is 2.23. The number of nitrogens with zero attached hydrogens (tertiary/aromatic N) is 1. The lowest BCUT2D eigenvalue weighted by molar-refractivity contribution is -0.115. The maximum Gasteiger partial charge on any atom is 0.230 e. The monoisotopic (exact) mass is 352 g/mol. The minimum Gasteiger partial charge on any atom is -0.497 e. The molecule has 1 N–H and O–H groups in total. The molecule has 0 saturated carbocycles. The van der Waals surface area contributed by atoms with E-state index in [9.17, 15) is 4.79 Å². The number of benzene rings is 2. The summed E-state index contributed by atoms with van der Waals surface area (Å²) in [7, 11) is 1.66. The van der Waals surface area contributed by atoms with Crippen molar-refractivity contribution in [2.24, 2.45) is 0 Å². The molecule has 128 valence electrons. The molecule has 0 aliphatic heterocycles. The second-order valence-corrected chi connectivity index (χ2v) is 6.99. The summed E-state index contributed by atoms with van der Waals surface area (Å²) >= 11 is 1.50. The molecule has 0 aliphatic carbocycles. The van der Waals surface area contributed by atoms with Crippen LogP contribution < -0.4 is 10.1 Å². The van der Waals surface area contributed by atoms with E-state index in [1.165, 1.54) is 16.9 Å².